The first kappa shape index (κ1) is 16.1. The van der Waals surface area contributed by atoms with Crippen LogP contribution in [0.5, 0.6) is 0 Å². The number of amides is 1. The van der Waals surface area contributed by atoms with Crippen LogP contribution in [-0.2, 0) is 11.0 Å². The van der Waals surface area contributed by atoms with E-state index in [1.165, 1.54) is 0 Å². The second-order valence-corrected chi connectivity index (χ2v) is 5.64. The Morgan fingerprint density at radius 1 is 1.43 bits per heavy atom. The highest BCUT2D eigenvalue weighted by Crippen LogP contribution is 2.34. The van der Waals surface area contributed by atoms with Gasteiger partial charge in [0, 0.05) is 0 Å². The van der Waals surface area contributed by atoms with Gasteiger partial charge in [-0.25, -0.2) is 0 Å². The van der Waals surface area contributed by atoms with Gasteiger partial charge in [0.1, 0.15) is 0 Å². The van der Waals surface area contributed by atoms with Gasteiger partial charge in [-0.05, 0) is 43.5 Å². The van der Waals surface area contributed by atoms with Crippen LogP contribution in [0.1, 0.15) is 25.3 Å². The van der Waals surface area contributed by atoms with Gasteiger partial charge in [-0.2, -0.15) is 13.2 Å². The molecule has 116 valence electrons. The van der Waals surface area contributed by atoms with Crippen LogP contribution < -0.4 is 10.6 Å². The third-order valence-corrected chi connectivity index (χ3v) is 3.93. The van der Waals surface area contributed by atoms with Crippen molar-refractivity contribution < 1.29 is 18.0 Å². The molecule has 2 unspecified atom stereocenters. The molecule has 1 aromatic rings. The maximum absolute atomic E-state index is 12.7. The Morgan fingerprint density at radius 2 is 2.14 bits per heavy atom. The van der Waals surface area contributed by atoms with Crippen molar-refractivity contribution >= 4 is 23.2 Å². The third-order valence-electron chi connectivity index (χ3n) is 3.60. The lowest BCUT2D eigenvalue weighted by molar-refractivity contribution is -0.137. The average molecular weight is 321 g/mol. The fourth-order valence-electron chi connectivity index (χ4n) is 2.41. The van der Waals surface area contributed by atoms with E-state index in [2.05, 4.69) is 10.6 Å². The first-order chi connectivity index (χ1) is 9.79. The van der Waals surface area contributed by atoms with Crippen LogP contribution in [0, 0.1) is 5.92 Å². The van der Waals surface area contributed by atoms with E-state index in [0.717, 1.165) is 37.6 Å². The summed E-state index contributed by atoms with van der Waals surface area (Å²) in [4.78, 5) is 12.2. The molecular formula is C14H16ClF3N2O. The van der Waals surface area contributed by atoms with E-state index >= 15 is 0 Å². The molecule has 0 radical (unpaired) electrons. The molecule has 1 amide bonds. The smallest absolute Gasteiger partial charge is 0.323 e. The molecule has 1 aromatic carbocycles. The predicted octanol–water partition coefficient (Wildman–Crippen LogP) is 3.69. The summed E-state index contributed by atoms with van der Waals surface area (Å²) in [6.07, 6.45) is -2.59. The summed E-state index contributed by atoms with van der Waals surface area (Å²) in [5.74, 6) is -0.230. The molecule has 1 aliphatic heterocycles. The van der Waals surface area contributed by atoms with Gasteiger partial charge in [-0.1, -0.05) is 18.5 Å². The van der Waals surface area contributed by atoms with Crippen LogP contribution in [0.15, 0.2) is 18.2 Å². The van der Waals surface area contributed by atoms with Crippen LogP contribution in [0.3, 0.4) is 0 Å². The largest absolute Gasteiger partial charge is 0.416 e. The van der Waals surface area contributed by atoms with Crippen molar-refractivity contribution in [1.82, 2.24) is 5.32 Å². The maximum Gasteiger partial charge on any atom is 0.416 e. The summed E-state index contributed by atoms with van der Waals surface area (Å²) < 4.78 is 38.1. The molecule has 1 fully saturated rings. The van der Waals surface area contributed by atoms with E-state index < -0.39 is 17.8 Å². The zero-order chi connectivity index (χ0) is 15.6. The van der Waals surface area contributed by atoms with Gasteiger partial charge in [0.25, 0.3) is 0 Å². The SMILES string of the molecule is CC1CCCNC1C(=O)Nc1cc(C(F)(F)F)ccc1Cl. The number of piperidine rings is 1. The Hall–Kier alpha value is -1.27. The van der Waals surface area contributed by atoms with E-state index in [1.807, 2.05) is 6.92 Å². The van der Waals surface area contributed by atoms with Crippen LogP contribution in [0.2, 0.25) is 5.02 Å². The lowest BCUT2D eigenvalue weighted by Crippen LogP contribution is -2.48. The minimum atomic E-state index is -4.47. The van der Waals surface area contributed by atoms with Gasteiger partial charge >= 0.3 is 6.18 Å². The van der Waals surface area contributed by atoms with Crippen molar-refractivity contribution in [3.63, 3.8) is 0 Å². The second-order valence-electron chi connectivity index (χ2n) is 5.23. The Labute approximate surface area is 125 Å². The molecule has 7 heteroatoms. The van der Waals surface area contributed by atoms with Crippen molar-refractivity contribution in [3.8, 4) is 0 Å². The highest BCUT2D eigenvalue weighted by atomic mass is 35.5. The Bertz CT molecular complexity index is 533. The number of carbonyl (C=O) groups is 1. The highest BCUT2D eigenvalue weighted by Gasteiger charge is 2.32. The maximum atomic E-state index is 12.7. The number of nitrogens with one attached hydrogen (secondary N) is 2. The number of rotatable bonds is 2. The third kappa shape index (κ3) is 3.89. The van der Waals surface area contributed by atoms with Gasteiger partial charge < -0.3 is 10.6 Å². The number of hydrogen-bond donors (Lipinski definition) is 2. The lowest BCUT2D eigenvalue weighted by Gasteiger charge is -2.29. The number of carbonyl (C=O) groups excluding carboxylic acids is 1. The van der Waals surface area contributed by atoms with Crippen molar-refractivity contribution in [2.24, 2.45) is 5.92 Å². The number of halogens is 4. The highest BCUT2D eigenvalue weighted by molar-refractivity contribution is 6.33. The minimum absolute atomic E-state index is 0.0175. The number of anilines is 1. The first-order valence-corrected chi connectivity index (χ1v) is 7.08. The summed E-state index contributed by atoms with van der Waals surface area (Å²) in [6.45, 7) is 2.66. The Kier molecular flexibility index (Phi) is 4.78. The molecule has 2 rings (SSSR count). The summed E-state index contributed by atoms with van der Waals surface area (Å²) >= 11 is 5.86. The van der Waals surface area contributed by atoms with Crippen LogP contribution in [0.25, 0.3) is 0 Å². The van der Waals surface area contributed by atoms with Gasteiger partial charge in [-0.3, -0.25) is 4.79 Å². The zero-order valence-electron chi connectivity index (χ0n) is 11.4. The Balaban J connectivity index is 2.16. The van der Waals surface area contributed by atoms with Gasteiger partial charge in [0.15, 0.2) is 0 Å². The summed E-state index contributed by atoms with van der Waals surface area (Å²) in [7, 11) is 0. The molecule has 0 aliphatic carbocycles. The second kappa shape index (κ2) is 6.23. The summed E-state index contributed by atoms with van der Waals surface area (Å²) in [5.41, 5.74) is -0.858. The topological polar surface area (TPSA) is 41.1 Å². The molecule has 1 heterocycles. The van der Waals surface area contributed by atoms with E-state index in [0.29, 0.717) is 0 Å². The number of hydrogen-bond acceptors (Lipinski definition) is 2. The van der Waals surface area contributed by atoms with E-state index in [-0.39, 0.29) is 22.5 Å². The Morgan fingerprint density at radius 3 is 2.76 bits per heavy atom. The molecule has 2 atom stereocenters. The minimum Gasteiger partial charge on any atom is -0.323 e. The van der Waals surface area contributed by atoms with Gasteiger partial charge in [0.2, 0.25) is 5.91 Å². The molecule has 1 saturated heterocycles. The van der Waals surface area contributed by atoms with Crippen molar-refractivity contribution in [1.29, 1.82) is 0 Å². The number of alkyl halides is 3. The van der Waals surface area contributed by atoms with E-state index in [4.69, 9.17) is 11.6 Å². The van der Waals surface area contributed by atoms with Crippen molar-refractivity contribution in [2.45, 2.75) is 32.0 Å². The van der Waals surface area contributed by atoms with Crippen LogP contribution in [0.4, 0.5) is 18.9 Å². The molecule has 0 spiro atoms. The molecule has 2 N–H and O–H groups in total. The van der Waals surface area contributed by atoms with Crippen LogP contribution in [-0.4, -0.2) is 18.5 Å². The standard InChI is InChI=1S/C14H16ClF3N2O/c1-8-3-2-6-19-12(8)13(21)20-11-7-9(14(16,17)18)4-5-10(11)15/h4-5,7-8,12,19H,2-3,6H2,1H3,(H,20,21). The van der Waals surface area contributed by atoms with Crippen molar-refractivity contribution in [2.75, 3.05) is 11.9 Å². The average Bonchev–Trinajstić information content (AvgIpc) is 2.40. The monoisotopic (exact) mass is 320 g/mol. The number of benzene rings is 1. The quantitative estimate of drug-likeness (QED) is 0.872. The molecular weight excluding hydrogens is 305 g/mol. The molecule has 1 aliphatic rings. The van der Waals surface area contributed by atoms with Gasteiger partial charge in [-0.15, -0.1) is 0 Å². The normalized spacial score (nSPS) is 22.9. The van der Waals surface area contributed by atoms with Gasteiger partial charge in [0.05, 0.1) is 22.3 Å². The predicted molar refractivity (Wildman–Crippen MR) is 75.3 cm³/mol. The van der Waals surface area contributed by atoms with Crippen molar-refractivity contribution in [3.05, 3.63) is 28.8 Å². The van der Waals surface area contributed by atoms with Crippen LogP contribution >= 0.6 is 11.6 Å². The molecule has 21 heavy (non-hydrogen) atoms. The fourth-order valence-corrected chi connectivity index (χ4v) is 2.57. The lowest BCUT2D eigenvalue weighted by atomic mass is 9.92. The molecule has 0 bridgehead atoms. The fraction of sp³-hybridized carbons (Fsp3) is 0.500. The molecule has 0 saturated carbocycles. The van der Waals surface area contributed by atoms with E-state index in [1.54, 1.807) is 0 Å². The summed E-state index contributed by atoms with van der Waals surface area (Å²) in [6, 6.07) is 2.47. The van der Waals surface area contributed by atoms with E-state index in [9.17, 15) is 18.0 Å². The molecule has 3 nitrogen and oxygen atoms in total. The zero-order valence-corrected chi connectivity index (χ0v) is 12.2. The summed E-state index contributed by atoms with van der Waals surface area (Å²) in [5, 5.41) is 5.65. The first-order valence-electron chi connectivity index (χ1n) is 6.70. The molecule has 0 aromatic heterocycles.